The number of hydrogen-bond acceptors (Lipinski definition) is 2. The topological polar surface area (TPSA) is 46.5 Å². The highest BCUT2D eigenvalue weighted by molar-refractivity contribution is 6.37. The standard InChI is InChI=1S/C14H8Cl3FO3/c15-10-5-9(18)2-1-7(10)6-21-13-11(16)3-8(14(19)20)4-12(13)17/h1-5H,6H2,(H,19,20). The van der Waals surface area contributed by atoms with Crippen molar-refractivity contribution in [2.24, 2.45) is 0 Å². The van der Waals surface area contributed by atoms with Crippen molar-refractivity contribution in [3.8, 4) is 5.75 Å². The molecular formula is C14H8Cl3FO3. The first-order valence-electron chi connectivity index (χ1n) is 5.67. The van der Waals surface area contributed by atoms with Gasteiger partial charge >= 0.3 is 5.97 Å². The molecule has 0 saturated heterocycles. The van der Waals surface area contributed by atoms with E-state index in [1.54, 1.807) is 0 Å². The van der Waals surface area contributed by atoms with Gasteiger partial charge in [-0.15, -0.1) is 0 Å². The molecule has 0 aromatic heterocycles. The van der Waals surface area contributed by atoms with E-state index in [0.29, 0.717) is 5.56 Å². The fourth-order valence-corrected chi connectivity index (χ4v) is 2.43. The van der Waals surface area contributed by atoms with Crippen LogP contribution in [0.25, 0.3) is 0 Å². The molecule has 0 bridgehead atoms. The third-order valence-electron chi connectivity index (χ3n) is 2.63. The molecular weight excluding hydrogens is 342 g/mol. The normalized spacial score (nSPS) is 10.5. The summed E-state index contributed by atoms with van der Waals surface area (Å²) in [6.45, 7) is 0.0188. The lowest BCUT2D eigenvalue weighted by Gasteiger charge is -2.11. The molecule has 2 aromatic carbocycles. The summed E-state index contributed by atoms with van der Waals surface area (Å²) in [5, 5.41) is 9.23. The zero-order valence-corrected chi connectivity index (χ0v) is 12.6. The van der Waals surface area contributed by atoms with Gasteiger partial charge in [0.2, 0.25) is 0 Å². The molecule has 2 rings (SSSR count). The highest BCUT2D eigenvalue weighted by Crippen LogP contribution is 2.35. The van der Waals surface area contributed by atoms with Crippen LogP contribution in [-0.2, 0) is 6.61 Å². The van der Waals surface area contributed by atoms with Gasteiger partial charge < -0.3 is 9.84 Å². The highest BCUT2D eigenvalue weighted by Gasteiger charge is 2.14. The summed E-state index contributed by atoms with van der Waals surface area (Å²) in [6.07, 6.45) is 0. The smallest absolute Gasteiger partial charge is 0.335 e. The van der Waals surface area contributed by atoms with E-state index < -0.39 is 11.8 Å². The predicted octanol–water partition coefficient (Wildman–Crippen LogP) is 5.06. The first-order chi connectivity index (χ1) is 9.88. The second kappa shape index (κ2) is 6.52. The minimum absolute atomic E-state index is 0.0188. The Kier molecular flexibility index (Phi) is 4.93. The predicted molar refractivity (Wildman–Crippen MR) is 79.2 cm³/mol. The summed E-state index contributed by atoms with van der Waals surface area (Å²) in [4.78, 5) is 10.9. The SMILES string of the molecule is O=C(O)c1cc(Cl)c(OCc2ccc(F)cc2Cl)c(Cl)c1. The van der Waals surface area contributed by atoms with Crippen LogP contribution in [-0.4, -0.2) is 11.1 Å². The van der Waals surface area contributed by atoms with Gasteiger partial charge in [-0.1, -0.05) is 40.9 Å². The molecule has 2 aromatic rings. The van der Waals surface area contributed by atoms with Gasteiger partial charge in [0.25, 0.3) is 0 Å². The first-order valence-corrected chi connectivity index (χ1v) is 6.81. The van der Waals surface area contributed by atoms with Gasteiger partial charge in [0.1, 0.15) is 12.4 Å². The fraction of sp³-hybridized carbons (Fsp3) is 0.0714. The molecule has 0 spiro atoms. The van der Waals surface area contributed by atoms with E-state index in [4.69, 9.17) is 44.6 Å². The number of benzene rings is 2. The van der Waals surface area contributed by atoms with Crippen molar-refractivity contribution in [1.82, 2.24) is 0 Å². The minimum Gasteiger partial charge on any atom is -0.486 e. The molecule has 0 amide bonds. The molecule has 0 unspecified atom stereocenters. The molecule has 21 heavy (non-hydrogen) atoms. The maximum atomic E-state index is 12.9. The van der Waals surface area contributed by atoms with Gasteiger partial charge in [0.05, 0.1) is 20.6 Å². The molecule has 0 radical (unpaired) electrons. The van der Waals surface area contributed by atoms with Crippen molar-refractivity contribution in [1.29, 1.82) is 0 Å². The molecule has 0 saturated carbocycles. The zero-order valence-electron chi connectivity index (χ0n) is 10.4. The van der Waals surface area contributed by atoms with E-state index in [-0.39, 0.29) is 33.0 Å². The van der Waals surface area contributed by atoms with E-state index in [2.05, 4.69) is 0 Å². The molecule has 0 aliphatic carbocycles. The third kappa shape index (κ3) is 3.79. The second-order valence-corrected chi connectivity index (χ2v) is 5.32. The van der Waals surface area contributed by atoms with Gasteiger partial charge in [-0.2, -0.15) is 0 Å². The number of halogens is 4. The van der Waals surface area contributed by atoms with Crippen molar-refractivity contribution >= 4 is 40.8 Å². The molecule has 0 fully saturated rings. The molecule has 0 heterocycles. The van der Waals surface area contributed by atoms with Crippen molar-refractivity contribution in [2.75, 3.05) is 0 Å². The van der Waals surface area contributed by atoms with Crippen molar-refractivity contribution in [2.45, 2.75) is 6.61 Å². The Morgan fingerprint density at radius 2 is 1.71 bits per heavy atom. The van der Waals surface area contributed by atoms with Crippen LogP contribution < -0.4 is 4.74 Å². The molecule has 110 valence electrons. The van der Waals surface area contributed by atoms with E-state index in [0.717, 1.165) is 6.07 Å². The highest BCUT2D eigenvalue weighted by atomic mass is 35.5. The maximum absolute atomic E-state index is 12.9. The Hall–Kier alpha value is -1.49. The number of carboxylic acid groups (broad SMARTS) is 1. The van der Waals surface area contributed by atoms with Gasteiger partial charge in [-0.05, 0) is 24.3 Å². The molecule has 1 N–H and O–H groups in total. The van der Waals surface area contributed by atoms with Crippen LogP contribution in [0, 0.1) is 5.82 Å². The summed E-state index contributed by atoms with van der Waals surface area (Å²) in [5.74, 6) is -1.46. The molecule has 7 heteroatoms. The maximum Gasteiger partial charge on any atom is 0.335 e. The van der Waals surface area contributed by atoms with Crippen LogP contribution in [0.4, 0.5) is 4.39 Å². The lowest BCUT2D eigenvalue weighted by molar-refractivity contribution is 0.0697. The van der Waals surface area contributed by atoms with Crippen LogP contribution in [0.5, 0.6) is 5.75 Å². The van der Waals surface area contributed by atoms with E-state index in [1.807, 2.05) is 0 Å². The number of ether oxygens (including phenoxy) is 1. The van der Waals surface area contributed by atoms with E-state index in [9.17, 15) is 9.18 Å². The van der Waals surface area contributed by atoms with E-state index >= 15 is 0 Å². The lowest BCUT2D eigenvalue weighted by atomic mass is 10.2. The molecule has 3 nitrogen and oxygen atoms in total. The second-order valence-electron chi connectivity index (χ2n) is 4.10. The number of carbonyl (C=O) groups is 1. The Morgan fingerprint density at radius 3 is 2.24 bits per heavy atom. The average molecular weight is 350 g/mol. The number of aromatic carboxylic acids is 1. The molecule has 0 atom stereocenters. The summed E-state index contributed by atoms with van der Waals surface area (Å²) in [5.41, 5.74) is 0.504. The fourth-order valence-electron chi connectivity index (χ4n) is 1.61. The summed E-state index contributed by atoms with van der Waals surface area (Å²) >= 11 is 17.8. The summed E-state index contributed by atoms with van der Waals surface area (Å²) < 4.78 is 18.4. The van der Waals surface area contributed by atoms with Crippen LogP contribution in [0.2, 0.25) is 15.1 Å². The first kappa shape index (κ1) is 15.9. The van der Waals surface area contributed by atoms with Gasteiger partial charge in [-0.25, -0.2) is 9.18 Å². The largest absolute Gasteiger partial charge is 0.486 e. The Balaban J connectivity index is 2.22. The minimum atomic E-state index is -1.15. The van der Waals surface area contributed by atoms with Crippen molar-refractivity contribution < 1.29 is 19.0 Å². The van der Waals surface area contributed by atoms with Crippen LogP contribution in [0.1, 0.15) is 15.9 Å². The number of carboxylic acids is 1. The van der Waals surface area contributed by atoms with Crippen molar-refractivity contribution in [3.05, 3.63) is 62.3 Å². The Morgan fingerprint density at radius 1 is 1.10 bits per heavy atom. The van der Waals surface area contributed by atoms with Crippen LogP contribution >= 0.6 is 34.8 Å². The average Bonchev–Trinajstić information content (AvgIpc) is 2.39. The van der Waals surface area contributed by atoms with Gasteiger partial charge in [0, 0.05) is 5.56 Å². The van der Waals surface area contributed by atoms with Gasteiger partial charge in [0.15, 0.2) is 5.75 Å². The number of hydrogen-bond donors (Lipinski definition) is 1. The summed E-state index contributed by atoms with van der Waals surface area (Å²) in [7, 11) is 0. The Labute approximate surface area is 134 Å². The van der Waals surface area contributed by atoms with Gasteiger partial charge in [-0.3, -0.25) is 0 Å². The van der Waals surface area contributed by atoms with E-state index in [1.165, 1.54) is 24.3 Å². The van der Waals surface area contributed by atoms with Crippen LogP contribution in [0.3, 0.4) is 0 Å². The lowest BCUT2D eigenvalue weighted by Crippen LogP contribution is -2.01. The monoisotopic (exact) mass is 348 g/mol. The van der Waals surface area contributed by atoms with Crippen molar-refractivity contribution in [3.63, 3.8) is 0 Å². The summed E-state index contributed by atoms with van der Waals surface area (Å²) in [6, 6.07) is 6.36. The Bertz CT molecular complexity index is 681. The zero-order chi connectivity index (χ0) is 15.6. The molecule has 0 aliphatic rings. The third-order valence-corrected chi connectivity index (χ3v) is 3.55. The quantitative estimate of drug-likeness (QED) is 0.839. The molecule has 0 aliphatic heterocycles. The number of rotatable bonds is 4. The van der Waals surface area contributed by atoms with Crippen LogP contribution in [0.15, 0.2) is 30.3 Å².